The smallest absolute Gasteiger partial charge is 0.326 e. The fraction of sp³-hybridized carbons (Fsp3) is 0.524. The number of carbonyl (C=O) groups excluding carboxylic acids is 4. The fourth-order valence-corrected chi connectivity index (χ4v) is 4.07. The van der Waals surface area contributed by atoms with Gasteiger partial charge in [0.25, 0.3) is 5.91 Å². The fourth-order valence-electron chi connectivity index (χ4n) is 4.07. The number of methoxy groups -OCH3 is 2. The molecule has 1 aliphatic carbocycles. The van der Waals surface area contributed by atoms with Crippen LogP contribution in [0.4, 0.5) is 4.79 Å². The Morgan fingerprint density at radius 1 is 1.20 bits per heavy atom. The molecule has 9 nitrogen and oxygen atoms in total. The van der Waals surface area contributed by atoms with Gasteiger partial charge in [0.15, 0.2) is 6.61 Å². The molecule has 1 N–H and O–H groups in total. The quantitative estimate of drug-likeness (QED) is 0.409. The molecule has 1 spiro atoms. The second-order valence-corrected chi connectivity index (χ2v) is 7.59. The van der Waals surface area contributed by atoms with E-state index in [0.29, 0.717) is 17.9 Å². The largest absolute Gasteiger partial charge is 0.497 e. The van der Waals surface area contributed by atoms with Crippen molar-refractivity contribution in [1.29, 1.82) is 0 Å². The molecule has 0 radical (unpaired) electrons. The third kappa shape index (κ3) is 3.96. The predicted octanol–water partition coefficient (Wildman–Crippen LogP) is 1.93. The average molecular weight is 418 g/mol. The summed E-state index contributed by atoms with van der Waals surface area (Å²) in [6.45, 7) is 0.842. The van der Waals surface area contributed by atoms with Crippen LogP contribution in [0.1, 0.15) is 43.0 Å². The monoisotopic (exact) mass is 418 g/mol. The van der Waals surface area contributed by atoms with Gasteiger partial charge >= 0.3 is 12.0 Å². The molecule has 0 aromatic heterocycles. The molecule has 1 saturated heterocycles. The molecular weight excluding hydrogens is 392 g/mol. The number of urea groups is 1. The van der Waals surface area contributed by atoms with Gasteiger partial charge in [-0.25, -0.2) is 4.79 Å². The average Bonchev–Trinajstić information content (AvgIpc) is 2.98. The summed E-state index contributed by atoms with van der Waals surface area (Å²) < 4.78 is 15.3. The van der Waals surface area contributed by atoms with Crippen LogP contribution >= 0.6 is 0 Å². The lowest BCUT2D eigenvalue weighted by Crippen LogP contribution is -2.54. The first-order valence-corrected chi connectivity index (χ1v) is 9.87. The zero-order chi connectivity index (χ0) is 21.9. The van der Waals surface area contributed by atoms with Gasteiger partial charge in [0.2, 0.25) is 5.78 Å². The Labute approximate surface area is 174 Å². The van der Waals surface area contributed by atoms with E-state index >= 15 is 0 Å². The number of hydrogen-bond donors (Lipinski definition) is 1. The number of hydrogen-bond acceptors (Lipinski definition) is 7. The minimum Gasteiger partial charge on any atom is -0.497 e. The van der Waals surface area contributed by atoms with Crippen LogP contribution < -0.4 is 14.8 Å². The summed E-state index contributed by atoms with van der Waals surface area (Å²) in [4.78, 5) is 50.8. The van der Waals surface area contributed by atoms with Gasteiger partial charge in [-0.2, -0.15) is 0 Å². The van der Waals surface area contributed by atoms with Crippen molar-refractivity contribution in [2.24, 2.45) is 5.92 Å². The Bertz CT molecular complexity index is 869. The van der Waals surface area contributed by atoms with Crippen molar-refractivity contribution in [3.8, 4) is 11.5 Å². The molecule has 0 unspecified atom stereocenters. The first-order valence-electron chi connectivity index (χ1n) is 9.87. The van der Waals surface area contributed by atoms with Crippen molar-refractivity contribution in [1.82, 2.24) is 10.2 Å². The van der Waals surface area contributed by atoms with Gasteiger partial charge in [-0.05, 0) is 37.0 Å². The molecule has 3 amide bonds. The number of benzene rings is 1. The molecule has 1 saturated carbocycles. The van der Waals surface area contributed by atoms with E-state index in [2.05, 4.69) is 5.32 Å². The van der Waals surface area contributed by atoms with E-state index in [4.69, 9.17) is 14.2 Å². The molecule has 9 heteroatoms. The maximum absolute atomic E-state index is 12.9. The molecule has 1 heterocycles. The Balaban J connectivity index is 1.62. The Morgan fingerprint density at radius 3 is 2.63 bits per heavy atom. The maximum Gasteiger partial charge on any atom is 0.326 e. The van der Waals surface area contributed by atoms with Crippen LogP contribution in [0.3, 0.4) is 0 Å². The number of esters is 1. The van der Waals surface area contributed by atoms with Gasteiger partial charge in [-0.1, -0.05) is 19.8 Å². The van der Waals surface area contributed by atoms with Crippen LogP contribution in [0, 0.1) is 5.92 Å². The molecule has 0 bridgehead atoms. The highest BCUT2D eigenvalue weighted by Gasteiger charge is 2.55. The Hall–Kier alpha value is -3.10. The van der Waals surface area contributed by atoms with Crippen molar-refractivity contribution in [3.63, 3.8) is 0 Å². The lowest BCUT2D eigenvalue weighted by atomic mass is 9.73. The molecule has 162 valence electrons. The molecule has 2 aliphatic rings. The topological polar surface area (TPSA) is 111 Å². The van der Waals surface area contributed by atoms with E-state index in [9.17, 15) is 19.2 Å². The van der Waals surface area contributed by atoms with E-state index in [1.54, 1.807) is 12.1 Å². The van der Waals surface area contributed by atoms with Gasteiger partial charge in [0, 0.05) is 0 Å². The lowest BCUT2D eigenvalue weighted by molar-refractivity contribution is -0.147. The summed E-state index contributed by atoms with van der Waals surface area (Å²) >= 11 is 0. The molecule has 3 rings (SSSR count). The standard InChI is InChI=1S/C21H26N2O7/c1-13-6-4-5-9-21(13)19(26)23(20(27)22-21)11-18(25)30-12-16(24)15-10-14(28-2)7-8-17(15)29-3/h7-8,10,13H,4-6,9,11-12H2,1-3H3,(H,22,27)/t13-,21-/m0/s1. The molecule has 2 atom stereocenters. The number of nitrogens with one attached hydrogen (secondary N) is 1. The van der Waals surface area contributed by atoms with Gasteiger partial charge in [0.1, 0.15) is 23.6 Å². The first kappa shape index (κ1) is 21.6. The van der Waals surface area contributed by atoms with Crippen molar-refractivity contribution >= 4 is 23.7 Å². The van der Waals surface area contributed by atoms with Crippen LogP contribution in [0.15, 0.2) is 18.2 Å². The van der Waals surface area contributed by atoms with Crippen LogP contribution in [0.5, 0.6) is 11.5 Å². The van der Waals surface area contributed by atoms with Crippen molar-refractivity contribution in [3.05, 3.63) is 23.8 Å². The van der Waals surface area contributed by atoms with Crippen molar-refractivity contribution in [2.75, 3.05) is 27.4 Å². The second kappa shape index (κ2) is 8.73. The molecule has 30 heavy (non-hydrogen) atoms. The number of ketones is 1. The number of carbonyl (C=O) groups is 4. The number of nitrogens with zero attached hydrogens (tertiary/aromatic N) is 1. The highest BCUT2D eigenvalue weighted by molar-refractivity contribution is 6.09. The van der Waals surface area contributed by atoms with E-state index in [1.807, 2.05) is 6.92 Å². The van der Waals surface area contributed by atoms with E-state index in [-0.39, 0.29) is 11.5 Å². The lowest BCUT2D eigenvalue weighted by Gasteiger charge is -2.36. The van der Waals surface area contributed by atoms with E-state index < -0.39 is 42.4 Å². The maximum atomic E-state index is 12.9. The SMILES string of the molecule is COc1ccc(OC)c(C(=O)COC(=O)CN2C(=O)N[C@]3(CCCC[C@@H]3C)C2=O)c1. The molecule has 2 fully saturated rings. The zero-order valence-electron chi connectivity index (χ0n) is 17.4. The van der Waals surface area contributed by atoms with Crippen molar-refractivity contribution < 1.29 is 33.4 Å². The normalized spacial score (nSPS) is 23.3. The van der Waals surface area contributed by atoms with Gasteiger partial charge in [-0.3, -0.25) is 19.3 Å². The number of Topliss-reactive ketones (excluding diaryl/α,β-unsaturated/α-hetero) is 1. The third-order valence-corrected chi connectivity index (χ3v) is 5.86. The van der Waals surface area contributed by atoms with E-state index in [1.165, 1.54) is 20.3 Å². The molecule has 1 aromatic rings. The van der Waals surface area contributed by atoms with Gasteiger partial charge in [-0.15, -0.1) is 0 Å². The summed E-state index contributed by atoms with van der Waals surface area (Å²) in [6, 6.07) is 4.10. The Kier molecular flexibility index (Phi) is 6.28. The van der Waals surface area contributed by atoms with Crippen LogP contribution in [0.2, 0.25) is 0 Å². The third-order valence-electron chi connectivity index (χ3n) is 5.86. The highest BCUT2D eigenvalue weighted by atomic mass is 16.5. The summed E-state index contributed by atoms with van der Waals surface area (Å²) in [7, 11) is 2.89. The predicted molar refractivity (Wildman–Crippen MR) is 105 cm³/mol. The molecular formula is C21H26N2O7. The molecule has 1 aliphatic heterocycles. The van der Waals surface area contributed by atoms with Crippen LogP contribution in [0.25, 0.3) is 0 Å². The van der Waals surface area contributed by atoms with Crippen LogP contribution in [-0.2, 0) is 14.3 Å². The highest BCUT2D eigenvalue weighted by Crippen LogP contribution is 2.38. The zero-order valence-corrected chi connectivity index (χ0v) is 17.4. The number of rotatable bonds is 7. The minimum absolute atomic E-state index is 0.00850. The van der Waals surface area contributed by atoms with Gasteiger partial charge in [0.05, 0.1) is 19.8 Å². The first-order chi connectivity index (χ1) is 14.3. The summed E-state index contributed by atoms with van der Waals surface area (Å²) in [5.41, 5.74) is -0.742. The second-order valence-electron chi connectivity index (χ2n) is 7.59. The minimum atomic E-state index is -0.945. The van der Waals surface area contributed by atoms with E-state index in [0.717, 1.165) is 24.2 Å². The van der Waals surface area contributed by atoms with Crippen LogP contribution in [-0.4, -0.2) is 61.5 Å². The molecule has 1 aromatic carbocycles. The van der Waals surface area contributed by atoms with Gasteiger partial charge < -0.3 is 19.5 Å². The number of ether oxygens (including phenoxy) is 3. The summed E-state index contributed by atoms with van der Waals surface area (Å²) in [5, 5.41) is 2.77. The summed E-state index contributed by atoms with van der Waals surface area (Å²) in [5.74, 6) is -0.970. The number of amides is 3. The van der Waals surface area contributed by atoms with Crippen molar-refractivity contribution in [2.45, 2.75) is 38.1 Å². The number of imide groups is 1. The Morgan fingerprint density at radius 2 is 1.97 bits per heavy atom. The summed E-state index contributed by atoms with van der Waals surface area (Å²) in [6.07, 6.45) is 3.23.